The first-order valence-electron chi connectivity index (χ1n) is 9.78. The molecule has 2 aliphatic rings. The number of carbonyl (C=O) groups excluding carboxylic acids is 1. The van der Waals surface area contributed by atoms with Crippen LogP contribution in [0.25, 0.3) is 11.4 Å². The van der Waals surface area contributed by atoms with Gasteiger partial charge in [-0.15, -0.1) is 22.6 Å². The Morgan fingerprint density at radius 1 is 1.19 bits per heavy atom. The lowest BCUT2D eigenvalue weighted by Gasteiger charge is -2.15. The highest BCUT2D eigenvalue weighted by Crippen LogP contribution is 2.28. The third-order valence-electron chi connectivity index (χ3n) is 5.68. The van der Waals surface area contributed by atoms with Crippen molar-refractivity contribution in [3.8, 4) is 11.4 Å². The summed E-state index contributed by atoms with van der Waals surface area (Å²) < 4.78 is 2.23. The largest absolute Gasteiger partial charge is 0.327 e. The van der Waals surface area contributed by atoms with Crippen molar-refractivity contribution in [3.63, 3.8) is 0 Å². The van der Waals surface area contributed by atoms with Crippen molar-refractivity contribution in [2.45, 2.75) is 64.0 Å². The molecule has 1 aliphatic heterocycles. The van der Waals surface area contributed by atoms with Gasteiger partial charge in [-0.2, -0.15) is 0 Å². The average Bonchev–Trinajstić information content (AvgIpc) is 3.14. The smallest absolute Gasteiger partial charge is 0.224 e. The Hall–Kier alpha value is -1.92. The lowest BCUT2D eigenvalue weighted by molar-refractivity contribution is -0.117. The van der Waals surface area contributed by atoms with Crippen molar-refractivity contribution in [2.24, 2.45) is 11.7 Å². The first kappa shape index (κ1) is 19.8. The predicted octanol–water partition coefficient (Wildman–Crippen LogP) is 3.55. The Balaban J connectivity index is 0.00000210. The summed E-state index contributed by atoms with van der Waals surface area (Å²) in [6.07, 6.45) is 8.30. The highest BCUT2D eigenvalue weighted by Gasteiger charge is 2.26. The topological polar surface area (TPSA) is 85.8 Å². The van der Waals surface area contributed by atoms with E-state index in [9.17, 15) is 4.79 Å². The van der Waals surface area contributed by atoms with E-state index in [-0.39, 0.29) is 24.4 Å². The lowest BCUT2D eigenvalue weighted by Crippen LogP contribution is -2.28. The van der Waals surface area contributed by atoms with Gasteiger partial charge in [0, 0.05) is 36.7 Å². The van der Waals surface area contributed by atoms with Gasteiger partial charge in [0.25, 0.3) is 0 Å². The third kappa shape index (κ3) is 4.50. The zero-order valence-electron chi connectivity index (χ0n) is 15.6. The zero-order valence-corrected chi connectivity index (χ0v) is 16.4. The van der Waals surface area contributed by atoms with Gasteiger partial charge in [-0.3, -0.25) is 4.79 Å². The third-order valence-corrected chi connectivity index (χ3v) is 5.68. The second-order valence-electron chi connectivity index (χ2n) is 7.59. The molecule has 0 unspecified atom stereocenters. The standard InChI is InChI=1S/C20H27N5O.ClH/c21-17-9-5-6-14(17)13-19(26)22-16-8-4-7-15(12-16)20-24-23-18-10-2-1-3-11-25(18)20;/h4,7-8,12,14,17H,1-3,5-6,9-11,13,21H2,(H,22,26);1H/t14-,17+;/m0./s1. The molecule has 0 spiro atoms. The van der Waals surface area contributed by atoms with E-state index in [1.54, 1.807) is 0 Å². The number of halogens is 1. The normalized spacial score (nSPS) is 21.8. The van der Waals surface area contributed by atoms with Crippen LogP contribution in [0.3, 0.4) is 0 Å². The predicted molar refractivity (Wildman–Crippen MR) is 109 cm³/mol. The van der Waals surface area contributed by atoms with Crippen LogP contribution in [0.15, 0.2) is 24.3 Å². The van der Waals surface area contributed by atoms with Crippen LogP contribution in [0.1, 0.15) is 50.8 Å². The fourth-order valence-electron chi connectivity index (χ4n) is 4.20. The monoisotopic (exact) mass is 389 g/mol. The quantitative estimate of drug-likeness (QED) is 0.837. The van der Waals surface area contributed by atoms with Crippen molar-refractivity contribution < 1.29 is 4.79 Å². The highest BCUT2D eigenvalue weighted by atomic mass is 35.5. The molecule has 1 fully saturated rings. The molecule has 27 heavy (non-hydrogen) atoms. The number of nitrogens with one attached hydrogen (secondary N) is 1. The van der Waals surface area contributed by atoms with Crippen LogP contribution in [0.2, 0.25) is 0 Å². The molecule has 4 rings (SSSR count). The number of nitrogens with zero attached hydrogens (tertiary/aromatic N) is 3. The van der Waals surface area contributed by atoms with Gasteiger partial charge < -0.3 is 15.6 Å². The van der Waals surface area contributed by atoms with Gasteiger partial charge in [0.1, 0.15) is 5.82 Å². The van der Waals surface area contributed by atoms with Crippen molar-refractivity contribution >= 4 is 24.0 Å². The Labute approximate surface area is 166 Å². The number of fused-ring (bicyclic) bond motifs is 1. The van der Waals surface area contributed by atoms with E-state index >= 15 is 0 Å². The Bertz CT molecular complexity index is 790. The van der Waals surface area contributed by atoms with Gasteiger partial charge in [-0.1, -0.05) is 25.0 Å². The summed E-state index contributed by atoms with van der Waals surface area (Å²) in [4.78, 5) is 12.4. The molecule has 6 nitrogen and oxygen atoms in total. The number of aromatic nitrogens is 3. The number of hydrogen-bond acceptors (Lipinski definition) is 4. The minimum Gasteiger partial charge on any atom is -0.327 e. The van der Waals surface area contributed by atoms with E-state index in [1.165, 1.54) is 12.8 Å². The summed E-state index contributed by atoms with van der Waals surface area (Å²) in [5, 5.41) is 11.8. The molecule has 2 atom stereocenters. The molecular formula is C20H28ClN5O. The summed E-state index contributed by atoms with van der Waals surface area (Å²) in [6.45, 7) is 0.966. The lowest BCUT2D eigenvalue weighted by atomic mass is 10.00. The maximum atomic E-state index is 12.4. The van der Waals surface area contributed by atoms with Gasteiger partial charge in [-0.25, -0.2) is 0 Å². The number of anilines is 1. The van der Waals surface area contributed by atoms with E-state index in [0.717, 1.165) is 61.5 Å². The van der Waals surface area contributed by atoms with Gasteiger partial charge in [-0.05, 0) is 43.7 Å². The van der Waals surface area contributed by atoms with Gasteiger partial charge >= 0.3 is 0 Å². The molecule has 146 valence electrons. The molecule has 0 radical (unpaired) electrons. The number of aryl methyl sites for hydroxylation is 1. The Kier molecular flexibility index (Phi) is 6.50. The fraction of sp³-hybridized carbons (Fsp3) is 0.550. The van der Waals surface area contributed by atoms with Gasteiger partial charge in [0.05, 0.1) is 0 Å². The second-order valence-corrected chi connectivity index (χ2v) is 7.59. The van der Waals surface area contributed by atoms with Crippen molar-refractivity contribution in [3.05, 3.63) is 30.1 Å². The average molecular weight is 390 g/mol. The zero-order chi connectivity index (χ0) is 17.9. The molecule has 2 aromatic rings. The molecule has 1 aromatic heterocycles. The summed E-state index contributed by atoms with van der Waals surface area (Å²) in [5.74, 6) is 2.33. The fourth-order valence-corrected chi connectivity index (χ4v) is 4.20. The molecule has 1 amide bonds. The molecular weight excluding hydrogens is 362 g/mol. The van der Waals surface area contributed by atoms with Crippen LogP contribution >= 0.6 is 12.4 Å². The van der Waals surface area contributed by atoms with Crippen molar-refractivity contribution in [1.82, 2.24) is 14.8 Å². The van der Waals surface area contributed by atoms with Crippen molar-refractivity contribution in [2.75, 3.05) is 5.32 Å². The minimum absolute atomic E-state index is 0. The number of amides is 1. The first-order valence-corrected chi connectivity index (χ1v) is 9.78. The number of rotatable bonds is 4. The van der Waals surface area contributed by atoms with Crippen LogP contribution in [0.5, 0.6) is 0 Å². The molecule has 3 N–H and O–H groups in total. The van der Waals surface area contributed by atoms with Gasteiger partial charge in [0.15, 0.2) is 5.82 Å². The maximum Gasteiger partial charge on any atom is 0.224 e. The second kappa shape index (κ2) is 8.85. The van der Waals surface area contributed by atoms with Crippen LogP contribution in [-0.4, -0.2) is 26.7 Å². The number of benzene rings is 1. The highest BCUT2D eigenvalue weighted by molar-refractivity contribution is 5.91. The van der Waals surface area contributed by atoms with Crippen LogP contribution in [0, 0.1) is 5.92 Å². The molecule has 2 heterocycles. The molecule has 1 aliphatic carbocycles. The maximum absolute atomic E-state index is 12.4. The van der Waals surface area contributed by atoms with Crippen LogP contribution in [-0.2, 0) is 17.8 Å². The van der Waals surface area contributed by atoms with E-state index in [4.69, 9.17) is 5.73 Å². The first-order chi connectivity index (χ1) is 12.7. The molecule has 1 aromatic carbocycles. The molecule has 7 heteroatoms. The number of nitrogens with two attached hydrogens (primary N) is 1. The molecule has 0 bridgehead atoms. The van der Waals surface area contributed by atoms with E-state index in [1.807, 2.05) is 24.3 Å². The number of carbonyl (C=O) groups is 1. The number of hydrogen-bond donors (Lipinski definition) is 2. The molecule has 0 saturated heterocycles. The Morgan fingerprint density at radius 3 is 2.89 bits per heavy atom. The van der Waals surface area contributed by atoms with E-state index in [0.29, 0.717) is 12.3 Å². The Morgan fingerprint density at radius 2 is 2.07 bits per heavy atom. The SMILES string of the molecule is Cl.N[C@@H]1CCC[C@H]1CC(=O)Nc1cccc(-c2nnc3n2CCCCC3)c1. The minimum atomic E-state index is 0. The van der Waals surface area contributed by atoms with E-state index in [2.05, 4.69) is 20.1 Å². The summed E-state index contributed by atoms with van der Waals surface area (Å²) in [6, 6.07) is 8.08. The van der Waals surface area contributed by atoms with Crippen LogP contribution in [0.4, 0.5) is 5.69 Å². The van der Waals surface area contributed by atoms with E-state index < -0.39 is 0 Å². The molecule has 1 saturated carbocycles. The summed E-state index contributed by atoms with van der Waals surface area (Å²) in [5.41, 5.74) is 7.90. The summed E-state index contributed by atoms with van der Waals surface area (Å²) in [7, 11) is 0. The van der Waals surface area contributed by atoms with Crippen LogP contribution < -0.4 is 11.1 Å². The summed E-state index contributed by atoms with van der Waals surface area (Å²) >= 11 is 0. The van der Waals surface area contributed by atoms with Gasteiger partial charge in [0.2, 0.25) is 5.91 Å². The van der Waals surface area contributed by atoms with Crippen molar-refractivity contribution in [1.29, 1.82) is 0 Å².